The van der Waals surface area contributed by atoms with Crippen LogP contribution in [0.5, 0.6) is 0 Å². The Balaban J connectivity index is 1.31. The van der Waals surface area contributed by atoms with Crippen molar-refractivity contribution >= 4 is 12.1 Å². The number of aliphatic hydroxyl groups excluding tert-OH is 1. The largest absolute Gasteiger partial charge is 0.457 e. The zero-order valence-corrected chi connectivity index (χ0v) is 27.3. The lowest BCUT2D eigenvalue weighted by molar-refractivity contribution is -0.216. The number of amides is 1. The molecule has 8 nitrogen and oxygen atoms in total. The molecule has 5 saturated carbocycles. The van der Waals surface area contributed by atoms with Gasteiger partial charge in [-0.3, -0.25) is 4.79 Å². The first-order valence-electron chi connectivity index (χ1n) is 16.5. The molecule has 2 spiro atoms. The average molecular weight is 590 g/mol. The van der Waals surface area contributed by atoms with Gasteiger partial charge in [-0.2, -0.15) is 0 Å². The lowest BCUT2D eigenvalue weighted by atomic mass is 9.41. The summed E-state index contributed by atoms with van der Waals surface area (Å²) in [7, 11) is 1.62. The Hall–Kier alpha value is -1.38. The van der Waals surface area contributed by atoms with Crippen molar-refractivity contribution in [2.45, 2.75) is 143 Å². The molecule has 0 aromatic rings. The highest BCUT2D eigenvalue weighted by Gasteiger charge is 2.84. The maximum absolute atomic E-state index is 12.4. The smallest absolute Gasteiger partial charge is 0.407 e. The van der Waals surface area contributed by atoms with E-state index in [9.17, 15) is 19.8 Å². The molecule has 3 N–H and O–H groups in total. The van der Waals surface area contributed by atoms with Crippen molar-refractivity contribution in [3.05, 3.63) is 0 Å². The first-order valence-corrected chi connectivity index (χ1v) is 16.5. The Morgan fingerprint density at radius 3 is 2.29 bits per heavy atom. The third-order valence-corrected chi connectivity index (χ3v) is 14.5. The van der Waals surface area contributed by atoms with Crippen molar-refractivity contribution < 1.29 is 34.0 Å². The fourth-order valence-corrected chi connectivity index (χ4v) is 12.8. The Morgan fingerprint density at radius 2 is 1.67 bits per heavy atom. The topological polar surface area (TPSA) is 114 Å². The van der Waals surface area contributed by atoms with Gasteiger partial charge >= 0.3 is 12.1 Å². The zero-order valence-electron chi connectivity index (χ0n) is 27.3. The number of ether oxygens (including phenoxy) is 3. The quantitative estimate of drug-likeness (QED) is 0.385. The van der Waals surface area contributed by atoms with Gasteiger partial charge < -0.3 is 29.7 Å². The van der Waals surface area contributed by atoms with E-state index in [0.717, 1.165) is 32.1 Å². The van der Waals surface area contributed by atoms with E-state index >= 15 is 0 Å². The SMILES string of the molecule is CNC(=O)OC1CC[C@]23C[C@]24CC[C@]2(C)[C@@H]5C(OC([C@H](OC(C)=O)C(C)(C)O)C[C@H]5C)[C@H](O)[C@@]2(C)C4CC[C@H]3C1(C)C. The molecule has 13 atom stereocenters. The molecule has 0 radical (unpaired) electrons. The van der Waals surface area contributed by atoms with E-state index in [1.54, 1.807) is 20.9 Å². The Kier molecular flexibility index (Phi) is 6.80. The molecule has 1 heterocycles. The van der Waals surface area contributed by atoms with Crippen molar-refractivity contribution in [3.8, 4) is 0 Å². The number of carbonyl (C=O) groups excluding carboxylic acids is 2. The van der Waals surface area contributed by atoms with E-state index in [1.807, 2.05) is 0 Å². The van der Waals surface area contributed by atoms with Gasteiger partial charge in [0.15, 0.2) is 6.10 Å². The minimum absolute atomic E-state index is 0.0747. The fourth-order valence-electron chi connectivity index (χ4n) is 12.8. The molecule has 4 unspecified atom stereocenters. The van der Waals surface area contributed by atoms with Crippen LogP contribution >= 0.6 is 0 Å². The molecule has 0 bridgehead atoms. The molecule has 8 heteroatoms. The number of esters is 1. The number of hydrogen-bond acceptors (Lipinski definition) is 7. The molecule has 1 amide bonds. The molecule has 238 valence electrons. The monoisotopic (exact) mass is 589 g/mol. The van der Waals surface area contributed by atoms with E-state index in [0.29, 0.717) is 18.3 Å². The Bertz CT molecular complexity index is 1130. The molecule has 5 aliphatic carbocycles. The first-order chi connectivity index (χ1) is 19.4. The Labute approximate surface area is 252 Å². The molecule has 6 fully saturated rings. The van der Waals surface area contributed by atoms with E-state index in [4.69, 9.17) is 14.2 Å². The molecule has 6 rings (SSSR count). The fraction of sp³-hybridized carbons (Fsp3) is 0.941. The lowest BCUT2D eigenvalue weighted by Crippen LogP contribution is -2.60. The lowest BCUT2D eigenvalue weighted by Gasteiger charge is -2.63. The van der Waals surface area contributed by atoms with E-state index in [1.165, 1.54) is 19.8 Å². The highest BCUT2D eigenvalue weighted by atomic mass is 16.6. The summed E-state index contributed by atoms with van der Waals surface area (Å²) in [5.41, 5.74) is -1.28. The van der Waals surface area contributed by atoms with Gasteiger partial charge in [0.25, 0.3) is 0 Å². The third kappa shape index (κ3) is 3.76. The summed E-state index contributed by atoms with van der Waals surface area (Å²) in [6.07, 6.45) is 5.62. The van der Waals surface area contributed by atoms with Crippen molar-refractivity contribution in [3.63, 3.8) is 0 Å². The number of fused-ring (bicyclic) bond motifs is 4. The number of hydrogen-bond donors (Lipinski definition) is 3. The summed E-state index contributed by atoms with van der Waals surface area (Å²) in [6, 6.07) is 0. The number of nitrogens with one attached hydrogen (secondary N) is 1. The number of carbonyl (C=O) groups is 2. The first kappa shape index (κ1) is 30.6. The van der Waals surface area contributed by atoms with Crippen molar-refractivity contribution in [2.24, 2.45) is 50.7 Å². The third-order valence-electron chi connectivity index (χ3n) is 14.5. The van der Waals surface area contributed by atoms with Gasteiger partial charge in [-0.25, -0.2) is 4.79 Å². The predicted molar refractivity (Wildman–Crippen MR) is 157 cm³/mol. The molecule has 0 aromatic carbocycles. The van der Waals surface area contributed by atoms with Crippen LogP contribution in [0, 0.1) is 50.7 Å². The molecule has 0 aromatic heterocycles. The summed E-state index contributed by atoms with van der Waals surface area (Å²) in [5.74, 6) is 0.919. The van der Waals surface area contributed by atoms with Crippen LogP contribution in [0.3, 0.4) is 0 Å². The van der Waals surface area contributed by atoms with Gasteiger partial charge in [0, 0.05) is 24.8 Å². The molecule has 1 aliphatic heterocycles. The standard InChI is InChI=1S/C34H55NO7/c1-18-16-20(27(30(5,6)39)40-19(2)36)41-25-24(18)31(7)14-15-34-17-33(34)13-12-23(42-28(38)35-9)29(3,4)21(33)10-11-22(34)32(31,8)26(25)37/h18,20-27,37,39H,10-17H2,1-9H3,(H,35,38)/t18-,20?,21+,22?,23?,24+,25?,26+,27+,31-,32-,33-,34+/m1/s1. The van der Waals surface area contributed by atoms with E-state index in [-0.39, 0.29) is 57.2 Å². The zero-order chi connectivity index (χ0) is 30.8. The normalized spacial score (nSPS) is 51.0. The summed E-state index contributed by atoms with van der Waals surface area (Å²) >= 11 is 0. The highest BCUT2D eigenvalue weighted by molar-refractivity contribution is 5.67. The van der Waals surface area contributed by atoms with Crippen LogP contribution in [0.1, 0.15) is 107 Å². The van der Waals surface area contributed by atoms with Gasteiger partial charge in [-0.15, -0.1) is 0 Å². The van der Waals surface area contributed by atoms with Gasteiger partial charge in [0.05, 0.1) is 23.9 Å². The molecule has 42 heavy (non-hydrogen) atoms. The number of rotatable bonds is 4. The van der Waals surface area contributed by atoms with Crippen LogP contribution < -0.4 is 5.32 Å². The summed E-state index contributed by atoms with van der Waals surface area (Å²) < 4.78 is 18.4. The van der Waals surface area contributed by atoms with Crippen LogP contribution in [0.25, 0.3) is 0 Å². The average Bonchev–Trinajstić information content (AvgIpc) is 3.52. The van der Waals surface area contributed by atoms with Crippen molar-refractivity contribution in [2.75, 3.05) is 7.05 Å². The Morgan fingerprint density at radius 1 is 1.02 bits per heavy atom. The van der Waals surface area contributed by atoms with Gasteiger partial charge in [-0.1, -0.05) is 34.6 Å². The maximum atomic E-state index is 12.4. The second-order valence-corrected chi connectivity index (χ2v) is 16.9. The number of alkyl carbamates (subject to hydrolysis) is 1. The second-order valence-electron chi connectivity index (χ2n) is 16.9. The van der Waals surface area contributed by atoms with Crippen molar-refractivity contribution in [1.82, 2.24) is 5.32 Å². The maximum Gasteiger partial charge on any atom is 0.407 e. The van der Waals surface area contributed by atoms with Crippen LogP contribution in [-0.2, 0) is 19.0 Å². The van der Waals surface area contributed by atoms with Gasteiger partial charge in [0.1, 0.15) is 6.10 Å². The minimum atomic E-state index is -1.26. The summed E-state index contributed by atoms with van der Waals surface area (Å²) in [5, 5.41) is 26.0. The second kappa shape index (κ2) is 9.32. The predicted octanol–water partition coefficient (Wildman–Crippen LogP) is 5.23. The van der Waals surface area contributed by atoms with Crippen LogP contribution in [-0.4, -0.2) is 65.4 Å². The van der Waals surface area contributed by atoms with Crippen LogP contribution in [0.4, 0.5) is 4.79 Å². The summed E-state index contributed by atoms with van der Waals surface area (Å²) in [6.45, 7) is 16.4. The minimum Gasteiger partial charge on any atom is -0.457 e. The molecular formula is C34H55NO7. The van der Waals surface area contributed by atoms with Crippen molar-refractivity contribution in [1.29, 1.82) is 0 Å². The summed E-state index contributed by atoms with van der Waals surface area (Å²) in [4.78, 5) is 24.2. The van der Waals surface area contributed by atoms with E-state index in [2.05, 4.69) is 39.9 Å². The van der Waals surface area contributed by atoms with Crippen LogP contribution in [0.2, 0.25) is 0 Å². The number of aliphatic hydroxyl groups is 2. The van der Waals surface area contributed by atoms with Crippen LogP contribution in [0.15, 0.2) is 0 Å². The molecule has 6 aliphatic rings. The molecule has 1 saturated heterocycles. The van der Waals surface area contributed by atoms with Gasteiger partial charge in [0.2, 0.25) is 0 Å². The van der Waals surface area contributed by atoms with E-state index < -0.39 is 29.9 Å². The van der Waals surface area contributed by atoms with Gasteiger partial charge in [-0.05, 0) is 105 Å². The molecular weight excluding hydrogens is 534 g/mol. The highest BCUT2D eigenvalue weighted by Crippen LogP contribution is 2.89.